The maximum atomic E-state index is 11.5. The molecular weight excluding hydrogens is 516 g/mol. The average molecular weight is 557 g/mol. The van der Waals surface area contributed by atoms with E-state index in [1.807, 2.05) is 121 Å². The molecular formula is C35H40O6. The molecule has 5 atom stereocenters. The van der Waals surface area contributed by atoms with E-state index in [1.54, 1.807) is 6.92 Å². The van der Waals surface area contributed by atoms with Crippen LogP contribution in [0.1, 0.15) is 29.2 Å². The van der Waals surface area contributed by atoms with E-state index < -0.39 is 30.5 Å². The molecule has 0 saturated carbocycles. The normalized spacial score (nSPS) is 15.1. The van der Waals surface area contributed by atoms with Crippen LogP contribution in [0.3, 0.4) is 0 Å². The number of benzene rings is 4. The lowest BCUT2D eigenvalue weighted by atomic mass is 9.98. The summed E-state index contributed by atoms with van der Waals surface area (Å²) >= 11 is 0. The van der Waals surface area contributed by atoms with Crippen molar-refractivity contribution in [3.05, 3.63) is 144 Å². The smallest absolute Gasteiger partial charge is 0.115 e. The van der Waals surface area contributed by atoms with Crippen molar-refractivity contribution in [3.63, 3.8) is 0 Å². The van der Waals surface area contributed by atoms with E-state index in [2.05, 4.69) is 0 Å². The molecule has 4 aromatic rings. The lowest BCUT2D eigenvalue weighted by molar-refractivity contribution is -0.204. The molecule has 0 heterocycles. The maximum Gasteiger partial charge on any atom is 0.115 e. The van der Waals surface area contributed by atoms with Gasteiger partial charge in [-0.3, -0.25) is 0 Å². The van der Waals surface area contributed by atoms with Crippen LogP contribution in [0.25, 0.3) is 0 Å². The molecule has 0 aromatic heterocycles. The van der Waals surface area contributed by atoms with Crippen molar-refractivity contribution in [2.75, 3.05) is 6.61 Å². The molecule has 4 aromatic carbocycles. The van der Waals surface area contributed by atoms with Gasteiger partial charge in [-0.1, -0.05) is 121 Å². The van der Waals surface area contributed by atoms with Gasteiger partial charge in [0.25, 0.3) is 0 Å². The minimum Gasteiger partial charge on any atom is -0.391 e. The van der Waals surface area contributed by atoms with Crippen LogP contribution in [-0.4, -0.2) is 47.3 Å². The molecule has 0 saturated heterocycles. The van der Waals surface area contributed by atoms with Crippen molar-refractivity contribution in [1.82, 2.24) is 0 Å². The highest BCUT2D eigenvalue weighted by atomic mass is 16.6. The second-order valence-electron chi connectivity index (χ2n) is 10.1. The number of rotatable bonds is 17. The minimum atomic E-state index is -1.05. The van der Waals surface area contributed by atoms with E-state index in [9.17, 15) is 10.2 Å². The Hall–Kier alpha value is -3.36. The van der Waals surface area contributed by atoms with Gasteiger partial charge in [0.15, 0.2) is 0 Å². The zero-order chi connectivity index (χ0) is 28.7. The predicted octanol–water partition coefficient (Wildman–Crippen LogP) is 5.70. The van der Waals surface area contributed by atoms with E-state index in [0.717, 1.165) is 22.3 Å². The van der Waals surface area contributed by atoms with E-state index in [-0.39, 0.29) is 26.4 Å². The summed E-state index contributed by atoms with van der Waals surface area (Å²) in [6.07, 6.45) is -4.41. The second kappa shape index (κ2) is 16.8. The van der Waals surface area contributed by atoms with Gasteiger partial charge < -0.3 is 29.2 Å². The van der Waals surface area contributed by atoms with Crippen LogP contribution in [0, 0.1) is 0 Å². The summed E-state index contributed by atoms with van der Waals surface area (Å²) in [5.41, 5.74) is 3.89. The first kappa shape index (κ1) is 30.6. The first-order chi connectivity index (χ1) is 20.1. The first-order valence-corrected chi connectivity index (χ1v) is 14.0. The molecule has 6 heteroatoms. The zero-order valence-electron chi connectivity index (χ0n) is 23.5. The van der Waals surface area contributed by atoms with E-state index in [4.69, 9.17) is 18.9 Å². The highest BCUT2D eigenvalue weighted by molar-refractivity contribution is 5.16. The van der Waals surface area contributed by atoms with Gasteiger partial charge in [0.1, 0.15) is 24.4 Å². The Labute approximate surface area is 243 Å². The second-order valence-corrected chi connectivity index (χ2v) is 10.1. The molecule has 0 spiro atoms. The van der Waals surface area contributed by atoms with Crippen LogP contribution < -0.4 is 0 Å². The van der Waals surface area contributed by atoms with Crippen molar-refractivity contribution >= 4 is 0 Å². The van der Waals surface area contributed by atoms with Crippen molar-refractivity contribution in [2.45, 2.75) is 63.9 Å². The van der Waals surface area contributed by atoms with Crippen LogP contribution in [-0.2, 0) is 45.4 Å². The summed E-state index contributed by atoms with van der Waals surface area (Å²) in [4.78, 5) is 0. The Balaban J connectivity index is 1.56. The van der Waals surface area contributed by atoms with E-state index in [0.29, 0.717) is 6.61 Å². The van der Waals surface area contributed by atoms with E-state index >= 15 is 0 Å². The number of aliphatic hydroxyl groups excluding tert-OH is 2. The van der Waals surface area contributed by atoms with E-state index in [1.165, 1.54) is 0 Å². The molecule has 0 aliphatic carbocycles. The van der Waals surface area contributed by atoms with Gasteiger partial charge in [-0.25, -0.2) is 0 Å². The molecule has 41 heavy (non-hydrogen) atoms. The SMILES string of the molecule is CC(O)[C@H](OCc1ccccc1)[C@@H](OCc1ccccc1)[C@@H](OCc1ccccc1)[C@H](O)COCc1ccccc1. The van der Waals surface area contributed by atoms with Crippen molar-refractivity contribution in [2.24, 2.45) is 0 Å². The van der Waals surface area contributed by atoms with Gasteiger partial charge in [0.2, 0.25) is 0 Å². The summed E-state index contributed by atoms with van der Waals surface area (Å²) in [7, 11) is 0. The fourth-order valence-corrected chi connectivity index (χ4v) is 4.58. The Morgan fingerprint density at radius 1 is 0.463 bits per heavy atom. The molecule has 0 radical (unpaired) electrons. The van der Waals surface area contributed by atoms with Gasteiger partial charge in [0, 0.05) is 0 Å². The molecule has 216 valence electrons. The minimum absolute atomic E-state index is 0.0186. The van der Waals surface area contributed by atoms with Crippen LogP contribution in [0.4, 0.5) is 0 Å². The predicted molar refractivity (Wildman–Crippen MR) is 159 cm³/mol. The fraction of sp³-hybridized carbons (Fsp3) is 0.314. The number of ether oxygens (including phenoxy) is 4. The third kappa shape index (κ3) is 10.2. The molecule has 0 aliphatic rings. The average Bonchev–Trinajstić information content (AvgIpc) is 3.01. The lowest BCUT2D eigenvalue weighted by Crippen LogP contribution is -2.53. The van der Waals surface area contributed by atoms with Crippen molar-refractivity contribution in [3.8, 4) is 0 Å². The lowest BCUT2D eigenvalue weighted by Gasteiger charge is -2.37. The number of hydrogen-bond acceptors (Lipinski definition) is 6. The third-order valence-corrected chi connectivity index (χ3v) is 6.76. The Kier molecular flexibility index (Phi) is 12.5. The Morgan fingerprint density at radius 3 is 1.20 bits per heavy atom. The van der Waals surface area contributed by atoms with Crippen LogP contribution in [0.15, 0.2) is 121 Å². The summed E-state index contributed by atoms with van der Waals surface area (Å²) in [6.45, 7) is 2.81. The third-order valence-electron chi connectivity index (χ3n) is 6.76. The number of hydrogen-bond donors (Lipinski definition) is 2. The Morgan fingerprint density at radius 2 is 0.805 bits per heavy atom. The highest BCUT2D eigenvalue weighted by Crippen LogP contribution is 2.23. The first-order valence-electron chi connectivity index (χ1n) is 14.0. The molecule has 0 aliphatic heterocycles. The topological polar surface area (TPSA) is 77.4 Å². The molecule has 4 rings (SSSR count). The number of aliphatic hydroxyl groups is 2. The van der Waals surface area contributed by atoms with Gasteiger partial charge in [-0.05, 0) is 29.2 Å². The van der Waals surface area contributed by atoms with Crippen molar-refractivity contribution < 1.29 is 29.2 Å². The van der Waals surface area contributed by atoms with Gasteiger partial charge in [-0.2, -0.15) is 0 Å². The standard InChI is InChI=1S/C35H40O6/c1-27(36)33(39-23-29-16-8-3-9-17-29)35(41-25-31-20-12-5-13-21-31)34(40-24-30-18-10-4-11-19-30)32(37)26-38-22-28-14-6-2-7-15-28/h2-21,27,32-37H,22-26H2,1H3/t27?,32-,33+,34+,35-/m1/s1. The quantitative estimate of drug-likeness (QED) is 0.174. The Bertz CT molecular complexity index is 1220. The molecule has 0 fully saturated rings. The molecule has 0 bridgehead atoms. The van der Waals surface area contributed by atoms with Crippen molar-refractivity contribution in [1.29, 1.82) is 0 Å². The molecule has 0 amide bonds. The summed E-state index contributed by atoms with van der Waals surface area (Å²) in [6, 6.07) is 39.1. The van der Waals surface area contributed by atoms with Gasteiger partial charge >= 0.3 is 0 Å². The molecule has 1 unspecified atom stereocenters. The van der Waals surface area contributed by atoms with Gasteiger partial charge in [0.05, 0.1) is 39.1 Å². The highest BCUT2D eigenvalue weighted by Gasteiger charge is 2.39. The molecule has 2 N–H and O–H groups in total. The summed E-state index contributed by atoms with van der Waals surface area (Å²) < 4.78 is 25.0. The summed E-state index contributed by atoms with van der Waals surface area (Å²) in [5.74, 6) is 0. The van der Waals surface area contributed by atoms with Gasteiger partial charge in [-0.15, -0.1) is 0 Å². The largest absolute Gasteiger partial charge is 0.391 e. The monoisotopic (exact) mass is 556 g/mol. The van der Waals surface area contributed by atoms with Crippen LogP contribution in [0.5, 0.6) is 0 Å². The van der Waals surface area contributed by atoms with Crippen LogP contribution in [0.2, 0.25) is 0 Å². The zero-order valence-corrected chi connectivity index (χ0v) is 23.5. The fourth-order valence-electron chi connectivity index (χ4n) is 4.58. The maximum absolute atomic E-state index is 11.5. The summed E-state index contributed by atoms with van der Waals surface area (Å²) in [5, 5.41) is 22.4. The molecule has 6 nitrogen and oxygen atoms in total. The van der Waals surface area contributed by atoms with Crippen LogP contribution >= 0.6 is 0 Å².